The minimum absolute atomic E-state index is 0.0467. The van der Waals surface area contributed by atoms with Crippen LogP contribution in [-0.4, -0.2) is 109 Å². The fourth-order valence-corrected chi connectivity index (χ4v) is 7.89. The van der Waals surface area contributed by atoms with E-state index < -0.39 is 83.5 Å². The molecule has 0 amide bonds. The van der Waals surface area contributed by atoms with Gasteiger partial charge in [-0.15, -0.1) is 0 Å². The second-order valence-corrected chi connectivity index (χ2v) is 17.1. The van der Waals surface area contributed by atoms with Gasteiger partial charge in [-0.2, -0.15) is 12.6 Å². The van der Waals surface area contributed by atoms with Crippen molar-refractivity contribution in [2.24, 2.45) is 0 Å². The van der Waals surface area contributed by atoms with Gasteiger partial charge in [-0.3, -0.25) is 23.2 Å². The number of unbranched alkanes of at least 4 members (excludes halogenated alkanes) is 18. The third kappa shape index (κ3) is 24.2. The summed E-state index contributed by atoms with van der Waals surface area (Å²) in [5.41, 5.74) is 0. The van der Waals surface area contributed by atoms with E-state index in [0.29, 0.717) is 12.8 Å². The quantitative estimate of drug-likeness (QED) is 0.0178. The Bertz CT molecular complexity index is 1100. The van der Waals surface area contributed by atoms with Crippen LogP contribution in [0.1, 0.15) is 148 Å². The SMILES string of the molecule is CCCCCCCCCCCCCCCC(=O)O[C@H](COC(=O)CCCCCCCCCS)COP(=O)(O)OC1C(O)[C@H](O)C(O)[C@H](OP(=O)(O)O)[C@@H]1O. The number of ether oxygens (including phenoxy) is 2. The Morgan fingerprint density at radius 1 is 0.574 bits per heavy atom. The predicted octanol–water partition coefficient (Wildman–Crippen LogP) is 5.41. The monoisotopic (exact) mass is 838 g/mol. The Hall–Kier alpha value is -0.650. The molecule has 0 aromatic heterocycles. The molecule has 1 fully saturated rings. The number of hydrogen-bond acceptors (Lipinski definition) is 14. The molecule has 4 unspecified atom stereocenters. The van der Waals surface area contributed by atoms with Crippen LogP contribution >= 0.6 is 28.3 Å². The van der Waals surface area contributed by atoms with Crippen LogP contribution in [0.3, 0.4) is 0 Å². The molecule has 1 rings (SSSR count). The average Bonchev–Trinajstić information content (AvgIpc) is 3.11. The van der Waals surface area contributed by atoms with Crippen molar-refractivity contribution in [3.8, 4) is 0 Å². The molecule has 1 aliphatic rings. The van der Waals surface area contributed by atoms with Crippen molar-refractivity contribution >= 4 is 40.2 Å². The van der Waals surface area contributed by atoms with E-state index in [9.17, 15) is 44.0 Å². The van der Waals surface area contributed by atoms with E-state index in [1.165, 1.54) is 51.4 Å². The topological polar surface area (TPSA) is 256 Å². The minimum atomic E-state index is -5.35. The molecule has 320 valence electrons. The highest BCUT2D eigenvalue weighted by atomic mass is 32.1. The molecule has 0 radical (unpaired) electrons. The van der Waals surface area contributed by atoms with Gasteiger partial charge in [0.1, 0.15) is 43.2 Å². The summed E-state index contributed by atoms with van der Waals surface area (Å²) in [6, 6.07) is 0. The normalized spacial score (nSPS) is 23.5. The molecule has 7 N–H and O–H groups in total. The smallest absolute Gasteiger partial charge is 0.462 e. The third-order valence-electron chi connectivity index (χ3n) is 9.24. The van der Waals surface area contributed by atoms with Crippen molar-refractivity contribution in [2.45, 2.75) is 191 Å². The zero-order valence-corrected chi connectivity index (χ0v) is 34.5. The van der Waals surface area contributed by atoms with Gasteiger partial charge in [-0.25, -0.2) is 9.13 Å². The van der Waals surface area contributed by atoms with Crippen LogP contribution in [0, 0.1) is 0 Å². The van der Waals surface area contributed by atoms with Gasteiger partial charge < -0.3 is 44.6 Å². The van der Waals surface area contributed by atoms with E-state index in [2.05, 4.69) is 24.1 Å². The molecule has 0 saturated heterocycles. The molecule has 8 atom stereocenters. The summed E-state index contributed by atoms with van der Waals surface area (Å²) in [6.45, 7) is 0.870. The first-order valence-electron chi connectivity index (χ1n) is 19.7. The van der Waals surface area contributed by atoms with E-state index in [1.807, 2.05) is 0 Å². The Morgan fingerprint density at radius 2 is 1.00 bits per heavy atom. The lowest BCUT2D eigenvalue weighted by Gasteiger charge is -2.43. The number of phosphoric ester groups is 2. The molecule has 0 aromatic carbocycles. The van der Waals surface area contributed by atoms with Gasteiger partial charge in [0.25, 0.3) is 0 Å². The molecule has 1 aliphatic carbocycles. The Kier molecular flexibility index (Phi) is 28.1. The average molecular weight is 839 g/mol. The van der Waals surface area contributed by atoms with Gasteiger partial charge in [-0.05, 0) is 25.0 Å². The van der Waals surface area contributed by atoms with E-state index in [-0.39, 0.29) is 12.8 Å². The van der Waals surface area contributed by atoms with E-state index in [0.717, 1.165) is 70.0 Å². The van der Waals surface area contributed by atoms with Crippen molar-refractivity contribution in [1.82, 2.24) is 0 Å². The lowest BCUT2D eigenvalue weighted by Crippen LogP contribution is -2.64. The maximum Gasteiger partial charge on any atom is 0.472 e. The summed E-state index contributed by atoms with van der Waals surface area (Å²) in [4.78, 5) is 53.8. The van der Waals surface area contributed by atoms with Gasteiger partial charge in [0.15, 0.2) is 6.10 Å². The first kappa shape index (κ1) is 51.4. The summed E-state index contributed by atoms with van der Waals surface area (Å²) in [5, 5.41) is 41.0. The summed E-state index contributed by atoms with van der Waals surface area (Å²) < 4.78 is 49.0. The Morgan fingerprint density at radius 3 is 1.46 bits per heavy atom. The predicted molar refractivity (Wildman–Crippen MR) is 204 cm³/mol. The van der Waals surface area contributed by atoms with Crippen molar-refractivity contribution in [1.29, 1.82) is 0 Å². The van der Waals surface area contributed by atoms with E-state index >= 15 is 0 Å². The fourth-order valence-electron chi connectivity index (χ4n) is 6.12. The second kappa shape index (κ2) is 29.5. The maximum absolute atomic E-state index is 12.9. The maximum atomic E-state index is 12.9. The molecular formula is C35H68O16P2S. The summed E-state index contributed by atoms with van der Waals surface area (Å²) in [5.74, 6) is -0.361. The van der Waals surface area contributed by atoms with Crippen LogP contribution in [0.4, 0.5) is 0 Å². The summed E-state index contributed by atoms with van der Waals surface area (Å²) in [6.07, 6.45) is 6.70. The van der Waals surface area contributed by atoms with Crippen molar-refractivity contribution in [3.05, 3.63) is 0 Å². The lowest BCUT2D eigenvalue weighted by molar-refractivity contribution is -0.216. The van der Waals surface area contributed by atoms with E-state index in [1.54, 1.807) is 0 Å². The number of aliphatic hydroxyl groups is 4. The Balaban J connectivity index is 2.67. The molecule has 0 heterocycles. The number of esters is 2. The molecule has 0 aliphatic heterocycles. The van der Waals surface area contributed by atoms with Crippen LogP contribution in [0.2, 0.25) is 0 Å². The highest BCUT2D eigenvalue weighted by Crippen LogP contribution is 2.49. The fraction of sp³-hybridized carbons (Fsp3) is 0.943. The van der Waals surface area contributed by atoms with Crippen molar-refractivity contribution < 1.29 is 76.9 Å². The number of rotatable bonds is 33. The molecule has 19 heteroatoms. The molecule has 16 nitrogen and oxygen atoms in total. The number of hydrogen-bond donors (Lipinski definition) is 8. The molecule has 0 bridgehead atoms. The second-order valence-electron chi connectivity index (χ2n) is 14.1. The van der Waals surface area contributed by atoms with Gasteiger partial charge in [0.2, 0.25) is 0 Å². The zero-order chi connectivity index (χ0) is 40.4. The standard InChI is InChI=1S/C35H68O16P2S/c1-2-3-4-5-6-7-8-9-10-11-13-17-20-23-29(37)49-27(25-47-28(36)22-19-16-14-12-15-18-21-24-54)26-48-53(45,46)51-35-32(40)30(38)31(39)34(33(35)41)50-52(42,43)44/h27,30-35,38-41,54H,2-26H2,1H3,(H,45,46)(H2,42,43,44)/t27-,30-,31?,32?,33+,34+,35?/m1/s1. The van der Waals surface area contributed by atoms with Gasteiger partial charge in [-0.1, -0.05) is 116 Å². The van der Waals surface area contributed by atoms with E-state index in [4.69, 9.17) is 28.3 Å². The number of thiol groups is 1. The number of aliphatic hydroxyl groups excluding tert-OH is 4. The highest BCUT2D eigenvalue weighted by molar-refractivity contribution is 7.80. The lowest BCUT2D eigenvalue weighted by atomic mass is 9.85. The summed E-state index contributed by atoms with van der Waals surface area (Å²) >= 11 is 4.20. The van der Waals surface area contributed by atoms with Crippen LogP contribution in [-0.2, 0) is 41.8 Å². The van der Waals surface area contributed by atoms with Gasteiger partial charge >= 0.3 is 27.6 Å². The number of carbonyl (C=O) groups excluding carboxylic acids is 2. The molecule has 54 heavy (non-hydrogen) atoms. The van der Waals surface area contributed by atoms with Gasteiger partial charge in [0.05, 0.1) is 6.61 Å². The third-order valence-corrected chi connectivity index (χ3v) is 11.1. The van der Waals surface area contributed by atoms with Crippen molar-refractivity contribution in [3.63, 3.8) is 0 Å². The number of phosphoric acid groups is 2. The Labute approximate surface area is 326 Å². The molecule has 0 aromatic rings. The largest absolute Gasteiger partial charge is 0.472 e. The van der Waals surface area contributed by atoms with Crippen LogP contribution in [0.15, 0.2) is 0 Å². The highest BCUT2D eigenvalue weighted by Gasteiger charge is 2.54. The molecule has 0 spiro atoms. The van der Waals surface area contributed by atoms with Crippen LogP contribution in [0.5, 0.6) is 0 Å². The van der Waals surface area contributed by atoms with Gasteiger partial charge in [0, 0.05) is 12.8 Å². The summed E-state index contributed by atoms with van der Waals surface area (Å²) in [7, 11) is -10.6. The number of carbonyl (C=O) groups is 2. The molecule has 1 saturated carbocycles. The van der Waals surface area contributed by atoms with Crippen LogP contribution in [0.25, 0.3) is 0 Å². The first-order chi connectivity index (χ1) is 25.6. The molecular weight excluding hydrogens is 770 g/mol. The van der Waals surface area contributed by atoms with Crippen molar-refractivity contribution in [2.75, 3.05) is 19.0 Å². The zero-order valence-electron chi connectivity index (χ0n) is 31.9. The minimum Gasteiger partial charge on any atom is -0.462 e. The first-order valence-corrected chi connectivity index (χ1v) is 23.4. The van der Waals surface area contributed by atoms with Crippen LogP contribution < -0.4 is 0 Å².